The van der Waals surface area contributed by atoms with Gasteiger partial charge in [-0.05, 0) is 36.8 Å². The third kappa shape index (κ3) is 5.58. The van der Waals surface area contributed by atoms with Crippen LogP contribution in [0.5, 0.6) is 0 Å². The number of thiophene rings is 1. The number of methoxy groups -OCH3 is 1. The second kappa shape index (κ2) is 8.55. The van der Waals surface area contributed by atoms with Gasteiger partial charge < -0.3 is 20.5 Å². The van der Waals surface area contributed by atoms with Crippen LogP contribution >= 0.6 is 11.3 Å². The lowest BCUT2D eigenvalue weighted by molar-refractivity contribution is -0.139. The van der Waals surface area contributed by atoms with Crippen molar-refractivity contribution in [2.45, 2.75) is 32.4 Å². The first kappa shape index (κ1) is 16.5. The molecule has 0 radical (unpaired) electrons. The third-order valence-electron chi connectivity index (χ3n) is 2.82. The number of hydrogen-bond acceptors (Lipinski definition) is 4. The first-order chi connectivity index (χ1) is 9.54. The second-order valence-corrected chi connectivity index (χ2v) is 5.38. The zero-order valence-electron chi connectivity index (χ0n) is 11.6. The summed E-state index contributed by atoms with van der Waals surface area (Å²) in [7, 11) is 1.55. The number of aryl methyl sites for hydroxylation is 1. The largest absolute Gasteiger partial charge is 0.480 e. The van der Waals surface area contributed by atoms with Gasteiger partial charge in [-0.1, -0.05) is 0 Å². The number of urea groups is 1. The van der Waals surface area contributed by atoms with Crippen LogP contribution < -0.4 is 10.6 Å². The molecule has 0 aliphatic carbocycles. The Kier molecular flexibility index (Phi) is 7.03. The van der Waals surface area contributed by atoms with Crippen LogP contribution in [0.4, 0.5) is 4.79 Å². The molecule has 0 aliphatic heterocycles. The molecule has 0 saturated heterocycles. The van der Waals surface area contributed by atoms with E-state index >= 15 is 0 Å². The summed E-state index contributed by atoms with van der Waals surface area (Å²) in [6.45, 7) is 2.84. The molecule has 0 saturated carbocycles. The maximum atomic E-state index is 11.7. The minimum absolute atomic E-state index is 0.342. The molecule has 6 nitrogen and oxygen atoms in total. The van der Waals surface area contributed by atoms with Crippen molar-refractivity contribution >= 4 is 23.3 Å². The minimum atomic E-state index is -1.04. The first-order valence-corrected chi connectivity index (χ1v) is 7.21. The Morgan fingerprint density at radius 1 is 1.50 bits per heavy atom. The first-order valence-electron chi connectivity index (χ1n) is 6.33. The van der Waals surface area contributed by atoms with Gasteiger partial charge in [0, 0.05) is 18.6 Å². The SMILES string of the molecule is COCCCC(NC(=O)NCc1sccc1C)C(=O)O. The Labute approximate surface area is 122 Å². The summed E-state index contributed by atoms with van der Waals surface area (Å²) in [5.41, 5.74) is 1.12. The van der Waals surface area contributed by atoms with Gasteiger partial charge in [0.1, 0.15) is 6.04 Å². The topological polar surface area (TPSA) is 87.7 Å². The van der Waals surface area contributed by atoms with E-state index < -0.39 is 18.0 Å². The third-order valence-corrected chi connectivity index (χ3v) is 3.85. The van der Waals surface area contributed by atoms with Gasteiger partial charge >= 0.3 is 12.0 Å². The van der Waals surface area contributed by atoms with Crippen LogP contribution in [-0.2, 0) is 16.1 Å². The monoisotopic (exact) mass is 300 g/mol. The van der Waals surface area contributed by atoms with E-state index in [1.165, 1.54) is 0 Å². The number of ether oxygens (including phenoxy) is 1. The van der Waals surface area contributed by atoms with Crippen LogP contribution in [0.15, 0.2) is 11.4 Å². The van der Waals surface area contributed by atoms with Gasteiger partial charge in [-0.15, -0.1) is 11.3 Å². The van der Waals surface area contributed by atoms with Crippen LogP contribution in [-0.4, -0.2) is 36.9 Å². The van der Waals surface area contributed by atoms with E-state index in [9.17, 15) is 9.59 Å². The lowest BCUT2D eigenvalue weighted by atomic mass is 10.1. The fourth-order valence-electron chi connectivity index (χ4n) is 1.64. The molecule has 1 unspecified atom stereocenters. The molecule has 1 atom stereocenters. The molecule has 1 aromatic heterocycles. The van der Waals surface area contributed by atoms with Crippen molar-refractivity contribution in [1.29, 1.82) is 0 Å². The Morgan fingerprint density at radius 3 is 2.80 bits per heavy atom. The highest BCUT2D eigenvalue weighted by Crippen LogP contribution is 2.14. The van der Waals surface area contributed by atoms with Crippen molar-refractivity contribution in [3.05, 3.63) is 21.9 Å². The average molecular weight is 300 g/mol. The number of carboxylic acids is 1. The molecule has 0 bridgehead atoms. The summed E-state index contributed by atoms with van der Waals surface area (Å²) in [5.74, 6) is -1.04. The summed E-state index contributed by atoms with van der Waals surface area (Å²) in [6, 6.07) is 0.613. The molecule has 0 spiro atoms. The van der Waals surface area contributed by atoms with Crippen LogP contribution in [0.1, 0.15) is 23.3 Å². The zero-order valence-corrected chi connectivity index (χ0v) is 12.5. The highest BCUT2D eigenvalue weighted by atomic mass is 32.1. The van der Waals surface area contributed by atoms with Gasteiger partial charge in [0.15, 0.2) is 0 Å². The standard InChI is InChI=1S/C13H20N2O4S/c1-9-5-7-20-11(9)8-14-13(18)15-10(12(16)17)4-3-6-19-2/h5,7,10H,3-4,6,8H2,1-2H3,(H,16,17)(H2,14,15,18). The van der Waals surface area contributed by atoms with E-state index in [2.05, 4.69) is 10.6 Å². The highest BCUT2D eigenvalue weighted by Gasteiger charge is 2.19. The maximum absolute atomic E-state index is 11.7. The zero-order chi connectivity index (χ0) is 15.0. The van der Waals surface area contributed by atoms with Crippen LogP contribution in [0, 0.1) is 6.92 Å². The van der Waals surface area contributed by atoms with Crippen molar-refractivity contribution in [3.8, 4) is 0 Å². The molecule has 0 fully saturated rings. The number of carboxylic acid groups (broad SMARTS) is 1. The lowest BCUT2D eigenvalue weighted by Gasteiger charge is -2.14. The van der Waals surface area contributed by atoms with Crippen LogP contribution in [0.3, 0.4) is 0 Å². The van der Waals surface area contributed by atoms with E-state index in [4.69, 9.17) is 9.84 Å². The van der Waals surface area contributed by atoms with Crippen LogP contribution in [0.2, 0.25) is 0 Å². The summed E-state index contributed by atoms with van der Waals surface area (Å²) in [4.78, 5) is 23.8. The molecule has 2 amide bonds. The predicted molar refractivity (Wildman–Crippen MR) is 77.0 cm³/mol. The molecule has 3 N–H and O–H groups in total. The maximum Gasteiger partial charge on any atom is 0.326 e. The van der Waals surface area contributed by atoms with Gasteiger partial charge in [0.25, 0.3) is 0 Å². The Balaban J connectivity index is 2.38. The molecule has 1 aromatic rings. The Bertz CT molecular complexity index is 447. The quantitative estimate of drug-likeness (QED) is 0.638. The van der Waals surface area contributed by atoms with E-state index in [-0.39, 0.29) is 0 Å². The van der Waals surface area contributed by atoms with Gasteiger partial charge in [-0.2, -0.15) is 0 Å². The van der Waals surface area contributed by atoms with E-state index in [1.54, 1.807) is 18.4 Å². The van der Waals surface area contributed by atoms with Crippen molar-refractivity contribution in [1.82, 2.24) is 10.6 Å². The molecule has 20 heavy (non-hydrogen) atoms. The van der Waals surface area contributed by atoms with Gasteiger partial charge in [-0.25, -0.2) is 9.59 Å². The smallest absolute Gasteiger partial charge is 0.326 e. The van der Waals surface area contributed by atoms with E-state index in [0.717, 1.165) is 10.4 Å². The number of amides is 2. The number of aliphatic carboxylic acids is 1. The van der Waals surface area contributed by atoms with E-state index in [0.29, 0.717) is 26.0 Å². The molecule has 1 heterocycles. The number of rotatable bonds is 8. The highest BCUT2D eigenvalue weighted by molar-refractivity contribution is 7.10. The molecule has 7 heteroatoms. The Morgan fingerprint density at radius 2 is 2.25 bits per heavy atom. The summed E-state index contributed by atoms with van der Waals surface area (Å²) < 4.78 is 4.87. The molecular weight excluding hydrogens is 280 g/mol. The Hall–Kier alpha value is -1.60. The van der Waals surface area contributed by atoms with E-state index in [1.807, 2.05) is 18.4 Å². The molecule has 112 valence electrons. The van der Waals surface area contributed by atoms with Crippen LogP contribution in [0.25, 0.3) is 0 Å². The molecule has 1 rings (SSSR count). The fourth-order valence-corrected chi connectivity index (χ4v) is 2.49. The molecule has 0 aliphatic rings. The van der Waals surface area contributed by atoms with Gasteiger partial charge in [0.2, 0.25) is 0 Å². The number of carbonyl (C=O) groups excluding carboxylic acids is 1. The fraction of sp³-hybridized carbons (Fsp3) is 0.538. The number of hydrogen-bond donors (Lipinski definition) is 3. The molecule has 0 aromatic carbocycles. The van der Waals surface area contributed by atoms with Crippen molar-refractivity contribution in [2.75, 3.05) is 13.7 Å². The minimum Gasteiger partial charge on any atom is -0.480 e. The average Bonchev–Trinajstić information content (AvgIpc) is 2.81. The predicted octanol–water partition coefficient (Wildman–Crippen LogP) is 1.74. The number of nitrogens with one attached hydrogen (secondary N) is 2. The van der Waals surface area contributed by atoms with Crippen molar-refractivity contribution < 1.29 is 19.4 Å². The normalized spacial score (nSPS) is 11.9. The molecular formula is C13H20N2O4S. The summed E-state index contributed by atoms with van der Waals surface area (Å²) >= 11 is 1.56. The summed E-state index contributed by atoms with van der Waals surface area (Å²) in [5, 5.41) is 16.1. The van der Waals surface area contributed by atoms with Crippen molar-refractivity contribution in [2.24, 2.45) is 0 Å². The van der Waals surface area contributed by atoms with Gasteiger partial charge in [0.05, 0.1) is 6.54 Å². The van der Waals surface area contributed by atoms with Crippen molar-refractivity contribution in [3.63, 3.8) is 0 Å². The summed E-state index contributed by atoms with van der Waals surface area (Å²) in [6.07, 6.45) is 0.923. The lowest BCUT2D eigenvalue weighted by Crippen LogP contribution is -2.45. The second-order valence-electron chi connectivity index (χ2n) is 4.38. The number of carbonyl (C=O) groups is 2. The van der Waals surface area contributed by atoms with Gasteiger partial charge in [-0.3, -0.25) is 0 Å².